The van der Waals surface area contributed by atoms with Gasteiger partial charge in [-0.25, -0.2) is 23.1 Å². The zero-order chi connectivity index (χ0) is 21.5. The molecule has 2 atom stereocenters. The second-order valence-corrected chi connectivity index (χ2v) is 9.61. The number of halogens is 3. The van der Waals surface area contributed by atoms with E-state index in [2.05, 4.69) is 15.4 Å². The van der Waals surface area contributed by atoms with Crippen LogP contribution >= 0.6 is 22.6 Å². The molecule has 1 aliphatic rings. The zero-order valence-corrected chi connectivity index (χ0v) is 19.3. The van der Waals surface area contributed by atoms with E-state index in [1.165, 1.54) is 15.6 Å². The van der Waals surface area contributed by atoms with Crippen molar-refractivity contribution in [2.75, 3.05) is 18.4 Å². The second kappa shape index (κ2) is 8.19. The fourth-order valence-corrected chi connectivity index (χ4v) is 4.42. The molecule has 1 aliphatic heterocycles. The second-order valence-electron chi connectivity index (χ2n) is 8.53. The molecule has 160 valence electrons. The standard InChI is InChI=1S/C19H26F2IN5O2/c1-10(2)16-15(22)14(21)13-8-23-17(25-27(13)16)24-12-6-7-26(9-11(12)20)18(28)29-19(3,4)5/h8,10-12H,6-7,9H2,1-5H3,(H,24,25)/t11-,12-/m1/s1. The maximum Gasteiger partial charge on any atom is 0.410 e. The Kier molecular flexibility index (Phi) is 6.21. The van der Waals surface area contributed by atoms with E-state index in [1.54, 1.807) is 20.8 Å². The van der Waals surface area contributed by atoms with Gasteiger partial charge in [-0.05, 0) is 55.7 Å². The van der Waals surface area contributed by atoms with Gasteiger partial charge in [0, 0.05) is 6.54 Å². The number of aromatic nitrogens is 3. The van der Waals surface area contributed by atoms with E-state index in [4.69, 9.17) is 4.74 Å². The number of carbonyl (C=O) groups excluding carboxylic acids is 1. The smallest absolute Gasteiger partial charge is 0.410 e. The number of alkyl halides is 1. The normalized spacial score (nSPS) is 20.4. The van der Waals surface area contributed by atoms with Crippen LogP contribution < -0.4 is 5.32 Å². The Labute approximate surface area is 182 Å². The molecule has 0 radical (unpaired) electrons. The minimum Gasteiger partial charge on any atom is -0.444 e. The number of nitrogens with zero attached hydrogens (tertiary/aromatic N) is 4. The molecule has 2 aromatic heterocycles. The van der Waals surface area contributed by atoms with Crippen molar-refractivity contribution in [3.05, 3.63) is 21.3 Å². The van der Waals surface area contributed by atoms with Crippen molar-refractivity contribution in [2.24, 2.45) is 0 Å². The fraction of sp³-hybridized carbons (Fsp3) is 0.632. The van der Waals surface area contributed by atoms with Crippen molar-refractivity contribution < 1.29 is 18.3 Å². The number of hydrogen-bond acceptors (Lipinski definition) is 5. The maximum absolute atomic E-state index is 14.7. The van der Waals surface area contributed by atoms with Crippen LogP contribution in [0.3, 0.4) is 0 Å². The number of piperidine rings is 1. The summed E-state index contributed by atoms with van der Waals surface area (Å²) in [4.78, 5) is 17.7. The number of rotatable bonds is 3. The Balaban J connectivity index is 1.73. The van der Waals surface area contributed by atoms with Crippen LogP contribution in [0.4, 0.5) is 19.5 Å². The third-order valence-corrected chi connectivity index (χ3v) is 5.68. The Bertz CT molecular complexity index is 912. The zero-order valence-electron chi connectivity index (χ0n) is 17.2. The van der Waals surface area contributed by atoms with Gasteiger partial charge in [0.15, 0.2) is 5.82 Å². The van der Waals surface area contributed by atoms with Crippen LogP contribution in [0.25, 0.3) is 5.52 Å². The molecule has 10 heteroatoms. The number of likely N-dealkylation sites (tertiary alicyclic amines) is 1. The number of carbonyl (C=O) groups is 1. The first-order valence-electron chi connectivity index (χ1n) is 9.59. The monoisotopic (exact) mass is 521 g/mol. The van der Waals surface area contributed by atoms with Crippen LogP contribution in [0, 0.1) is 9.39 Å². The highest BCUT2D eigenvalue weighted by atomic mass is 127. The lowest BCUT2D eigenvalue weighted by Gasteiger charge is -2.35. The largest absolute Gasteiger partial charge is 0.444 e. The van der Waals surface area contributed by atoms with E-state index in [0.717, 1.165) is 5.69 Å². The average molecular weight is 521 g/mol. The first-order valence-corrected chi connectivity index (χ1v) is 10.7. The van der Waals surface area contributed by atoms with Gasteiger partial charge >= 0.3 is 6.09 Å². The molecular formula is C19H26F2IN5O2. The van der Waals surface area contributed by atoms with Crippen LogP contribution in [0.2, 0.25) is 0 Å². The number of hydrogen-bond donors (Lipinski definition) is 1. The number of fused-ring (bicyclic) bond motifs is 1. The first-order chi connectivity index (χ1) is 13.5. The van der Waals surface area contributed by atoms with Crippen molar-refractivity contribution in [3.63, 3.8) is 0 Å². The first kappa shape index (κ1) is 22.0. The lowest BCUT2D eigenvalue weighted by molar-refractivity contribution is 0.0125. The third kappa shape index (κ3) is 4.72. The summed E-state index contributed by atoms with van der Waals surface area (Å²) in [5.74, 6) is -0.0632. The minimum atomic E-state index is -1.30. The van der Waals surface area contributed by atoms with E-state index in [9.17, 15) is 13.6 Å². The van der Waals surface area contributed by atoms with Gasteiger partial charge < -0.3 is 15.0 Å². The maximum atomic E-state index is 14.7. The topological polar surface area (TPSA) is 71.8 Å². The summed E-state index contributed by atoms with van der Waals surface area (Å²) in [5, 5.41) is 7.39. The molecule has 0 unspecified atom stereocenters. The lowest BCUT2D eigenvalue weighted by Crippen LogP contribution is -2.51. The molecule has 0 saturated carbocycles. The van der Waals surface area contributed by atoms with Crippen molar-refractivity contribution in [1.29, 1.82) is 0 Å². The van der Waals surface area contributed by atoms with E-state index >= 15 is 0 Å². The molecule has 0 aromatic carbocycles. The van der Waals surface area contributed by atoms with Gasteiger partial charge in [-0.1, -0.05) is 13.8 Å². The molecule has 1 fully saturated rings. The minimum absolute atomic E-state index is 0.0626. The quantitative estimate of drug-likeness (QED) is 0.609. The predicted molar refractivity (Wildman–Crippen MR) is 114 cm³/mol. The fourth-order valence-electron chi connectivity index (χ4n) is 3.29. The van der Waals surface area contributed by atoms with Crippen LogP contribution in [0.1, 0.15) is 52.7 Å². The highest BCUT2D eigenvalue weighted by Gasteiger charge is 2.34. The molecular weight excluding hydrogens is 495 g/mol. The molecule has 0 bridgehead atoms. The van der Waals surface area contributed by atoms with E-state index in [1.807, 2.05) is 36.4 Å². The molecule has 0 spiro atoms. The van der Waals surface area contributed by atoms with Crippen LogP contribution in [0.5, 0.6) is 0 Å². The van der Waals surface area contributed by atoms with Gasteiger partial charge in [0.1, 0.15) is 17.3 Å². The van der Waals surface area contributed by atoms with Gasteiger partial charge in [0.2, 0.25) is 5.95 Å². The number of nitrogens with one attached hydrogen (secondary N) is 1. The summed E-state index contributed by atoms with van der Waals surface area (Å²) in [6, 6.07) is -0.548. The summed E-state index contributed by atoms with van der Waals surface area (Å²) >= 11 is 1.97. The molecule has 2 aromatic rings. The average Bonchev–Trinajstić information content (AvgIpc) is 2.85. The Hall–Kier alpha value is -1.72. The summed E-state index contributed by atoms with van der Waals surface area (Å²) < 4.78 is 36.5. The molecule has 1 amide bonds. The number of anilines is 1. The lowest BCUT2D eigenvalue weighted by atomic mass is 10.0. The Morgan fingerprint density at radius 2 is 2.10 bits per heavy atom. The highest BCUT2D eigenvalue weighted by Crippen LogP contribution is 2.29. The molecule has 1 saturated heterocycles. The van der Waals surface area contributed by atoms with Crippen LogP contribution in [0.15, 0.2) is 6.20 Å². The molecule has 0 aliphatic carbocycles. The van der Waals surface area contributed by atoms with Crippen molar-refractivity contribution in [2.45, 2.75) is 64.8 Å². The van der Waals surface area contributed by atoms with E-state index in [-0.39, 0.29) is 24.2 Å². The Morgan fingerprint density at radius 3 is 2.69 bits per heavy atom. The molecule has 3 heterocycles. The highest BCUT2D eigenvalue weighted by molar-refractivity contribution is 14.1. The van der Waals surface area contributed by atoms with Gasteiger partial charge in [0.05, 0.1) is 28.0 Å². The summed E-state index contributed by atoms with van der Waals surface area (Å²) in [5.41, 5.74) is 0.416. The molecule has 29 heavy (non-hydrogen) atoms. The van der Waals surface area contributed by atoms with Gasteiger partial charge in [-0.2, -0.15) is 0 Å². The summed E-state index contributed by atoms with van der Waals surface area (Å²) in [6.45, 7) is 9.54. The van der Waals surface area contributed by atoms with Gasteiger partial charge in [-0.15, -0.1) is 5.10 Å². The SMILES string of the molecule is CC(C)c1c(I)c(F)c2cnc(N[C@@H]3CCN(C(=O)OC(C)(C)C)C[C@H]3F)nn12. The molecule has 7 nitrogen and oxygen atoms in total. The number of ether oxygens (including phenoxy) is 1. The number of amides is 1. The van der Waals surface area contributed by atoms with Crippen molar-refractivity contribution >= 4 is 40.1 Å². The Morgan fingerprint density at radius 1 is 1.41 bits per heavy atom. The van der Waals surface area contributed by atoms with Gasteiger partial charge in [0.25, 0.3) is 0 Å². The van der Waals surface area contributed by atoms with Crippen molar-refractivity contribution in [3.8, 4) is 0 Å². The molecule has 3 rings (SSSR count). The summed E-state index contributed by atoms with van der Waals surface area (Å²) in [6.07, 6.45) is -0.0324. The molecule has 1 N–H and O–H groups in total. The van der Waals surface area contributed by atoms with Crippen LogP contribution in [-0.2, 0) is 4.74 Å². The summed E-state index contributed by atoms with van der Waals surface area (Å²) in [7, 11) is 0. The van der Waals surface area contributed by atoms with E-state index in [0.29, 0.717) is 22.1 Å². The van der Waals surface area contributed by atoms with Gasteiger partial charge in [-0.3, -0.25) is 0 Å². The third-order valence-electron chi connectivity index (χ3n) is 4.66. The van der Waals surface area contributed by atoms with Crippen LogP contribution in [-0.4, -0.2) is 56.5 Å². The van der Waals surface area contributed by atoms with E-state index < -0.39 is 23.9 Å². The predicted octanol–water partition coefficient (Wildman–Crippen LogP) is 4.36. The van der Waals surface area contributed by atoms with Crippen molar-refractivity contribution in [1.82, 2.24) is 19.5 Å².